The lowest BCUT2D eigenvalue weighted by Crippen LogP contribution is -2.50. The van der Waals surface area contributed by atoms with Crippen molar-refractivity contribution < 1.29 is 9.53 Å². The van der Waals surface area contributed by atoms with Crippen LogP contribution in [0.4, 0.5) is 10.5 Å². The Kier molecular flexibility index (Phi) is 5.60. The summed E-state index contributed by atoms with van der Waals surface area (Å²) in [5, 5.41) is 4.19. The van der Waals surface area contributed by atoms with Gasteiger partial charge in [-0.3, -0.25) is 0 Å². The number of rotatable bonds is 5. The molecule has 1 aromatic carbocycles. The molecular formula is C19H28N4O2. The topological polar surface area (TPSA) is 49.7 Å². The Balaban J connectivity index is 1.70. The first-order chi connectivity index (χ1) is 12.1. The molecule has 1 fully saturated rings. The van der Waals surface area contributed by atoms with Crippen LogP contribution in [-0.2, 0) is 11.3 Å². The Morgan fingerprint density at radius 1 is 1.36 bits per heavy atom. The predicted octanol–water partition coefficient (Wildman–Crippen LogP) is 2.85. The normalized spacial score (nSPS) is 18.1. The van der Waals surface area contributed by atoms with Crippen LogP contribution in [0.2, 0.25) is 0 Å². The monoisotopic (exact) mass is 344 g/mol. The molecule has 1 atom stereocenters. The van der Waals surface area contributed by atoms with Gasteiger partial charge < -0.3 is 24.4 Å². The second-order valence-electron chi connectivity index (χ2n) is 6.85. The molecule has 1 aromatic heterocycles. The van der Waals surface area contributed by atoms with Crippen LogP contribution in [0.1, 0.15) is 13.3 Å². The Bertz CT molecular complexity index is 725. The third kappa shape index (κ3) is 4.14. The number of likely N-dealkylation sites (N-methyl/N-ethyl adjacent to an activating group) is 1. The van der Waals surface area contributed by atoms with Gasteiger partial charge in [-0.25, -0.2) is 4.79 Å². The van der Waals surface area contributed by atoms with Gasteiger partial charge in [0, 0.05) is 42.4 Å². The number of amides is 2. The molecule has 3 rings (SSSR count). The quantitative estimate of drug-likeness (QED) is 0.907. The lowest BCUT2D eigenvalue weighted by molar-refractivity contribution is 0.0144. The Hall–Kier alpha value is -2.05. The molecule has 1 saturated heterocycles. The van der Waals surface area contributed by atoms with E-state index in [1.54, 1.807) is 0 Å². The molecule has 2 heterocycles. The molecule has 0 unspecified atom stereocenters. The van der Waals surface area contributed by atoms with E-state index in [2.05, 4.69) is 54.1 Å². The van der Waals surface area contributed by atoms with Crippen LogP contribution in [0.5, 0.6) is 0 Å². The number of urea groups is 1. The maximum absolute atomic E-state index is 12.6. The van der Waals surface area contributed by atoms with Crippen molar-refractivity contribution in [2.75, 3.05) is 45.7 Å². The van der Waals surface area contributed by atoms with Crippen LogP contribution in [0.15, 0.2) is 30.5 Å². The van der Waals surface area contributed by atoms with Gasteiger partial charge in [-0.05, 0) is 44.8 Å². The zero-order valence-corrected chi connectivity index (χ0v) is 15.4. The van der Waals surface area contributed by atoms with E-state index in [4.69, 9.17) is 4.74 Å². The summed E-state index contributed by atoms with van der Waals surface area (Å²) < 4.78 is 7.72. The SMILES string of the molecule is CC[C@H]1COCCN1C(=O)Nc1ccc2c(ccn2CCN(C)C)c1. The van der Waals surface area contributed by atoms with Gasteiger partial charge in [0.1, 0.15) is 0 Å². The average molecular weight is 344 g/mol. The predicted molar refractivity (Wildman–Crippen MR) is 101 cm³/mol. The summed E-state index contributed by atoms with van der Waals surface area (Å²) in [6.07, 6.45) is 3.01. The van der Waals surface area contributed by atoms with Gasteiger partial charge >= 0.3 is 6.03 Å². The molecule has 0 saturated carbocycles. The van der Waals surface area contributed by atoms with E-state index in [0.717, 1.165) is 30.6 Å². The fourth-order valence-corrected chi connectivity index (χ4v) is 3.24. The highest BCUT2D eigenvalue weighted by Gasteiger charge is 2.25. The number of carbonyl (C=O) groups excluding carboxylic acids is 1. The lowest BCUT2D eigenvalue weighted by Gasteiger charge is -2.35. The number of nitrogens with zero attached hydrogens (tertiary/aromatic N) is 3. The second-order valence-corrected chi connectivity index (χ2v) is 6.85. The highest BCUT2D eigenvalue weighted by molar-refractivity contribution is 5.93. The summed E-state index contributed by atoms with van der Waals surface area (Å²) in [5.74, 6) is 0. The average Bonchev–Trinajstić information content (AvgIpc) is 3.02. The first-order valence-corrected chi connectivity index (χ1v) is 8.97. The Labute approximate surface area is 149 Å². The Morgan fingerprint density at radius 2 is 2.20 bits per heavy atom. The number of anilines is 1. The van der Waals surface area contributed by atoms with Gasteiger partial charge in [-0.1, -0.05) is 6.92 Å². The number of aromatic nitrogens is 1. The molecule has 2 aromatic rings. The molecular weight excluding hydrogens is 316 g/mol. The van der Waals surface area contributed by atoms with Crippen molar-refractivity contribution in [3.63, 3.8) is 0 Å². The third-order valence-corrected chi connectivity index (χ3v) is 4.77. The minimum Gasteiger partial charge on any atom is -0.377 e. The number of benzene rings is 1. The molecule has 0 spiro atoms. The summed E-state index contributed by atoms with van der Waals surface area (Å²) >= 11 is 0. The van der Waals surface area contributed by atoms with Crippen LogP contribution in [0.3, 0.4) is 0 Å². The summed E-state index contributed by atoms with van der Waals surface area (Å²) in [6, 6.07) is 8.32. The molecule has 1 aliphatic heterocycles. The largest absolute Gasteiger partial charge is 0.377 e. The van der Waals surface area contributed by atoms with Crippen LogP contribution in [-0.4, -0.2) is 66.8 Å². The summed E-state index contributed by atoms with van der Waals surface area (Å²) in [4.78, 5) is 16.7. The molecule has 25 heavy (non-hydrogen) atoms. The summed E-state index contributed by atoms with van der Waals surface area (Å²) in [7, 11) is 4.16. The van der Waals surface area contributed by atoms with E-state index in [9.17, 15) is 4.79 Å². The fourth-order valence-electron chi connectivity index (χ4n) is 3.24. The van der Waals surface area contributed by atoms with Crippen LogP contribution >= 0.6 is 0 Å². The minimum atomic E-state index is -0.0402. The number of fused-ring (bicyclic) bond motifs is 1. The molecule has 1 N–H and O–H groups in total. The van der Waals surface area contributed by atoms with Gasteiger partial charge in [0.25, 0.3) is 0 Å². The number of carbonyl (C=O) groups is 1. The third-order valence-electron chi connectivity index (χ3n) is 4.77. The molecule has 0 radical (unpaired) electrons. The summed E-state index contributed by atoms with van der Waals surface area (Å²) in [5.41, 5.74) is 2.03. The summed E-state index contributed by atoms with van der Waals surface area (Å²) in [6.45, 7) is 5.91. The van der Waals surface area contributed by atoms with Gasteiger partial charge in [0.15, 0.2) is 0 Å². The van der Waals surface area contributed by atoms with Crippen molar-refractivity contribution >= 4 is 22.6 Å². The maximum Gasteiger partial charge on any atom is 0.322 e. The van der Waals surface area contributed by atoms with Gasteiger partial charge in [-0.15, -0.1) is 0 Å². The van der Waals surface area contributed by atoms with Crippen molar-refractivity contribution in [3.05, 3.63) is 30.5 Å². The molecule has 0 bridgehead atoms. The molecule has 6 heteroatoms. The second kappa shape index (κ2) is 7.89. The first-order valence-electron chi connectivity index (χ1n) is 8.97. The molecule has 0 aliphatic carbocycles. The molecule has 6 nitrogen and oxygen atoms in total. The van der Waals surface area contributed by atoms with E-state index in [1.165, 1.54) is 5.52 Å². The Morgan fingerprint density at radius 3 is 2.96 bits per heavy atom. The van der Waals surface area contributed by atoms with Gasteiger partial charge in [0.2, 0.25) is 0 Å². The van der Waals surface area contributed by atoms with E-state index in [1.807, 2.05) is 17.0 Å². The van der Waals surface area contributed by atoms with Crippen molar-refractivity contribution in [1.82, 2.24) is 14.4 Å². The first kappa shape index (κ1) is 17.8. The van der Waals surface area contributed by atoms with E-state index >= 15 is 0 Å². The number of nitrogens with one attached hydrogen (secondary N) is 1. The standard InChI is InChI=1S/C19H28N4O2/c1-4-17-14-25-12-11-23(17)19(24)20-16-5-6-18-15(13-16)7-8-22(18)10-9-21(2)3/h5-8,13,17H,4,9-12,14H2,1-3H3,(H,20,24)/t17-/m0/s1. The van der Waals surface area contributed by atoms with Crippen LogP contribution < -0.4 is 5.32 Å². The van der Waals surface area contributed by atoms with Crippen LogP contribution in [0, 0.1) is 0 Å². The van der Waals surface area contributed by atoms with Crippen molar-refractivity contribution in [2.24, 2.45) is 0 Å². The molecule has 2 amide bonds. The highest BCUT2D eigenvalue weighted by Crippen LogP contribution is 2.21. The molecule has 136 valence electrons. The van der Waals surface area contributed by atoms with E-state index < -0.39 is 0 Å². The number of hydrogen-bond acceptors (Lipinski definition) is 3. The van der Waals surface area contributed by atoms with Gasteiger partial charge in [0.05, 0.1) is 19.3 Å². The number of ether oxygens (including phenoxy) is 1. The minimum absolute atomic E-state index is 0.0402. The maximum atomic E-state index is 12.6. The lowest BCUT2D eigenvalue weighted by atomic mass is 10.2. The smallest absolute Gasteiger partial charge is 0.322 e. The number of morpholine rings is 1. The van der Waals surface area contributed by atoms with Crippen LogP contribution in [0.25, 0.3) is 10.9 Å². The van der Waals surface area contributed by atoms with Gasteiger partial charge in [-0.2, -0.15) is 0 Å². The van der Waals surface area contributed by atoms with Crippen molar-refractivity contribution in [3.8, 4) is 0 Å². The zero-order valence-electron chi connectivity index (χ0n) is 15.4. The van der Waals surface area contributed by atoms with E-state index in [-0.39, 0.29) is 12.1 Å². The van der Waals surface area contributed by atoms with Crippen molar-refractivity contribution in [1.29, 1.82) is 0 Å². The number of hydrogen-bond donors (Lipinski definition) is 1. The molecule has 1 aliphatic rings. The highest BCUT2D eigenvalue weighted by atomic mass is 16.5. The van der Waals surface area contributed by atoms with Crippen molar-refractivity contribution in [2.45, 2.75) is 25.9 Å². The van der Waals surface area contributed by atoms with E-state index in [0.29, 0.717) is 19.8 Å². The fraction of sp³-hybridized carbons (Fsp3) is 0.526. The zero-order chi connectivity index (χ0) is 17.8.